The molecule has 0 aromatic rings. The maximum absolute atomic E-state index is 4.74. The summed E-state index contributed by atoms with van der Waals surface area (Å²) in [6.07, 6.45) is 2.59. The van der Waals surface area contributed by atoms with Crippen LogP contribution in [0.25, 0.3) is 0 Å². The van der Waals surface area contributed by atoms with Gasteiger partial charge in [-0.1, -0.05) is 13.3 Å². The third kappa shape index (κ3) is 14.9. The van der Waals surface area contributed by atoms with Crippen LogP contribution in [0.1, 0.15) is 19.8 Å². The van der Waals surface area contributed by atoms with Gasteiger partial charge in [0.05, 0.1) is 0 Å². The molecule has 0 spiro atoms. The Hall–Kier alpha value is 0.0569. The Balaban J connectivity index is 0. The first-order chi connectivity index (χ1) is 6.26. The molecule has 13 heavy (non-hydrogen) atoms. The van der Waals surface area contributed by atoms with Gasteiger partial charge in [-0.25, -0.2) is 0 Å². The predicted molar refractivity (Wildman–Crippen MR) is 57.0 cm³/mol. The van der Waals surface area contributed by atoms with Crippen molar-refractivity contribution in [1.29, 1.82) is 0 Å². The van der Waals surface area contributed by atoms with Crippen LogP contribution >= 0.6 is 0 Å². The minimum absolute atomic E-state index is 1.16. The van der Waals surface area contributed by atoms with E-state index < -0.39 is 9.53 Å². The molecule has 1 N–H and O–H groups in total. The van der Waals surface area contributed by atoms with Crippen molar-refractivity contribution in [3.8, 4) is 0 Å². The molecule has 0 atom stereocenters. The smallest absolute Gasteiger partial charge is 0.379 e. The average Bonchev–Trinajstić information content (AvgIpc) is 2.18. The summed E-state index contributed by atoms with van der Waals surface area (Å²) in [6.45, 7) is 3.36. The first-order valence-corrected chi connectivity index (χ1v) is 5.91. The van der Waals surface area contributed by atoms with Crippen LogP contribution in [0.2, 0.25) is 0 Å². The Morgan fingerprint density at radius 3 is 1.62 bits per heavy atom. The molecule has 5 heteroatoms. The van der Waals surface area contributed by atoms with E-state index in [0.717, 1.165) is 6.54 Å². The normalized spacial score (nSPS) is 9.69. The first kappa shape index (κ1) is 15.5. The summed E-state index contributed by atoms with van der Waals surface area (Å²) in [5, 5.41) is 3.07. The zero-order valence-electron chi connectivity index (χ0n) is 9.42. The van der Waals surface area contributed by atoms with Gasteiger partial charge < -0.3 is 18.6 Å². The van der Waals surface area contributed by atoms with E-state index in [2.05, 4.69) is 12.2 Å². The Morgan fingerprint density at radius 2 is 1.54 bits per heavy atom. The molecule has 0 rings (SSSR count). The van der Waals surface area contributed by atoms with E-state index in [9.17, 15) is 0 Å². The van der Waals surface area contributed by atoms with Crippen molar-refractivity contribution in [2.45, 2.75) is 19.8 Å². The Labute approximate surface area is 83.5 Å². The zero-order valence-corrected chi connectivity index (χ0v) is 10.6. The summed E-state index contributed by atoms with van der Waals surface area (Å²) in [5.74, 6) is 0. The Bertz CT molecular complexity index is 72.3. The van der Waals surface area contributed by atoms with Gasteiger partial charge >= 0.3 is 9.53 Å². The lowest BCUT2D eigenvalue weighted by atomic mass is 10.3. The van der Waals surface area contributed by atoms with Crippen molar-refractivity contribution >= 4 is 9.53 Å². The lowest BCUT2D eigenvalue weighted by Gasteiger charge is -2.05. The summed E-state index contributed by atoms with van der Waals surface area (Å²) < 4.78 is 14.2. The standard InChI is InChI=1S/C5H13N.C3H10O3Si/c1-3-4-5-6-2;1-4-7(5-2)6-3/h6H,3-5H2,1-2H3;7H,1-3H3. The van der Waals surface area contributed by atoms with Crippen molar-refractivity contribution in [2.24, 2.45) is 0 Å². The molecule has 0 heterocycles. The van der Waals surface area contributed by atoms with Crippen molar-refractivity contribution in [3.05, 3.63) is 0 Å². The van der Waals surface area contributed by atoms with E-state index in [1.54, 1.807) is 21.3 Å². The quantitative estimate of drug-likeness (QED) is 0.515. The molecule has 0 aromatic heterocycles. The maximum atomic E-state index is 4.74. The number of unbranched alkanes of at least 4 members (excludes halogenated alkanes) is 1. The van der Waals surface area contributed by atoms with E-state index in [-0.39, 0.29) is 0 Å². The number of nitrogens with one attached hydrogen (secondary N) is 1. The molecule has 0 fully saturated rings. The SMILES string of the molecule is CCCCNC.CO[SiH](OC)OC. The zero-order chi connectivity index (χ0) is 10.5. The largest absolute Gasteiger partial charge is 0.483 e. The molecule has 0 radical (unpaired) electrons. The second-order valence-electron chi connectivity index (χ2n) is 2.45. The van der Waals surface area contributed by atoms with E-state index in [1.807, 2.05) is 7.05 Å². The second kappa shape index (κ2) is 14.6. The molecule has 0 bridgehead atoms. The number of hydrogen-bond acceptors (Lipinski definition) is 4. The van der Waals surface area contributed by atoms with Crippen LogP contribution in [-0.4, -0.2) is 44.4 Å². The van der Waals surface area contributed by atoms with Crippen molar-refractivity contribution in [3.63, 3.8) is 0 Å². The molecule has 0 aliphatic heterocycles. The molecular formula is C8H23NO3Si. The lowest BCUT2D eigenvalue weighted by molar-refractivity contribution is 0.163. The van der Waals surface area contributed by atoms with Gasteiger partial charge in [0, 0.05) is 21.3 Å². The minimum atomic E-state index is -1.67. The maximum Gasteiger partial charge on any atom is 0.483 e. The summed E-state index contributed by atoms with van der Waals surface area (Å²) in [6, 6.07) is 0. The summed E-state index contributed by atoms with van der Waals surface area (Å²) >= 11 is 0. The topological polar surface area (TPSA) is 39.7 Å². The summed E-state index contributed by atoms with van der Waals surface area (Å²) in [4.78, 5) is 0. The van der Waals surface area contributed by atoms with Gasteiger partial charge in [-0.2, -0.15) is 0 Å². The fraction of sp³-hybridized carbons (Fsp3) is 1.00. The van der Waals surface area contributed by atoms with Gasteiger partial charge in [0.2, 0.25) is 0 Å². The molecule has 0 saturated heterocycles. The fourth-order valence-corrected chi connectivity index (χ4v) is 1.22. The van der Waals surface area contributed by atoms with Crippen LogP contribution < -0.4 is 5.32 Å². The molecule has 0 aromatic carbocycles. The molecule has 0 saturated carbocycles. The predicted octanol–water partition coefficient (Wildman–Crippen LogP) is 0.649. The van der Waals surface area contributed by atoms with Crippen LogP contribution in [0.4, 0.5) is 0 Å². The van der Waals surface area contributed by atoms with Crippen molar-refractivity contribution in [2.75, 3.05) is 34.9 Å². The molecule has 0 unspecified atom stereocenters. The highest BCUT2D eigenvalue weighted by atomic mass is 28.3. The lowest BCUT2D eigenvalue weighted by Crippen LogP contribution is -2.21. The van der Waals surface area contributed by atoms with Crippen molar-refractivity contribution < 1.29 is 13.3 Å². The van der Waals surface area contributed by atoms with Crippen LogP contribution in [0.3, 0.4) is 0 Å². The van der Waals surface area contributed by atoms with E-state index >= 15 is 0 Å². The Kier molecular flexibility index (Phi) is 17.4. The summed E-state index contributed by atoms with van der Waals surface area (Å²) in [5.41, 5.74) is 0. The molecule has 82 valence electrons. The van der Waals surface area contributed by atoms with Gasteiger partial charge in [-0.15, -0.1) is 0 Å². The second-order valence-corrected chi connectivity index (χ2v) is 4.44. The molecule has 0 aliphatic rings. The average molecular weight is 209 g/mol. The van der Waals surface area contributed by atoms with Crippen LogP contribution in [-0.2, 0) is 13.3 Å². The van der Waals surface area contributed by atoms with Crippen LogP contribution in [0.5, 0.6) is 0 Å². The third-order valence-corrected chi connectivity index (χ3v) is 2.51. The van der Waals surface area contributed by atoms with Gasteiger partial charge in [0.1, 0.15) is 0 Å². The minimum Gasteiger partial charge on any atom is -0.379 e. The first-order valence-electron chi connectivity index (χ1n) is 4.49. The summed E-state index contributed by atoms with van der Waals surface area (Å²) in [7, 11) is 5.03. The highest BCUT2D eigenvalue weighted by molar-refractivity contribution is 6.36. The van der Waals surface area contributed by atoms with E-state index in [4.69, 9.17) is 13.3 Å². The highest BCUT2D eigenvalue weighted by Gasteiger charge is 2.04. The van der Waals surface area contributed by atoms with Crippen molar-refractivity contribution in [1.82, 2.24) is 5.32 Å². The third-order valence-electron chi connectivity index (χ3n) is 1.36. The van der Waals surface area contributed by atoms with E-state index in [0.29, 0.717) is 0 Å². The highest BCUT2D eigenvalue weighted by Crippen LogP contribution is 1.81. The van der Waals surface area contributed by atoms with Crippen LogP contribution in [0, 0.1) is 0 Å². The molecule has 4 nitrogen and oxygen atoms in total. The van der Waals surface area contributed by atoms with Gasteiger partial charge in [-0.05, 0) is 20.0 Å². The molecule has 0 aliphatic carbocycles. The number of rotatable bonds is 6. The fourth-order valence-electron chi connectivity index (χ4n) is 0.642. The van der Waals surface area contributed by atoms with Crippen LogP contribution in [0.15, 0.2) is 0 Å². The van der Waals surface area contributed by atoms with E-state index in [1.165, 1.54) is 12.8 Å². The van der Waals surface area contributed by atoms with Gasteiger partial charge in [0.25, 0.3) is 0 Å². The molecule has 0 amide bonds. The monoisotopic (exact) mass is 209 g/mol. The number of hydrogen-bond donors (Lipinski definition) is 1. The van der Waals surface area contributed by atoms with Gasteiger partial charge in [-0.3, -0.25) is 0 Å². The van der Waals surface area contributed by atoms with Gasteiger partial charge in [0.15, 0.2) is 0 Å². The Morgan fingerprint density at radius 1 is 1.08 bits per heavy atom. The molecular weight excluding hydrogens is 186 g/mol.